The number of aliphatic hydroxyl groups is 1. The van der Waals surface area contributed by atoms with E-state index in [1.807, 2.05) is 13.0 Å². The minimum absolute atomic E-state index is 0.0857. The topological polar surface area (TPSA) is 70.6 Å². The molecule has 0 aromatic heterocycles. The number of β-amino-alcohol motifs (C(OH)–C–C–N with tert-alkyl or cyclic N) is 1. The maximum atomic E-state index is 12.1. The van der Waals surface area contributed by atoms with Crippen LogP contribution in [0.5, 0.6) is 5.75 Å². The molecule has 1 saturated heterocycles. The first-order valence-corrected chi connectivity index (χ1v) is 6.43. The first kappa shape index (κ1) is 13.8. The Labute approximate surface area is 113 Å². The molecule has 0 bridgehead atoms. The second kappa shape index (κ2) is 6.04. The van der Waals surface area contributed by atoms with Crippen molar-refractivity contribution in [2.45, 2.75) is 13.0 Å². The Bertz CT molecular complexity index is 462. The fourth-order valence-electron chi connectivity index (χ4n) is 2.26. The third kappa shape index (κ3) is 3.24. The van der Waals surface area contributed by atoms with Crippen LogP contribution >= 0.6 is 0 Å². The number of benzene rings is 1. The van der Waals surface area contributed by atoms with E-state index in [9.17, 15) is 9.90 Å². The predicted octanol–water partition coefficient (Wildman–Crippen LogP) is 0.314. The van der Waals surface area contributed by atoms with E-state index >= 15 is 0 Å². The van der Waals surface area contributed by atoms with Gasteiger partial charge in [-0.05, 0) is 30.7 Å². The first-order valence-electron chi connectivity index (χ1n) is 6.43. The molecule has 104 valence electrons. The standard InChI is InChI=1S/C14H20N2O3/c1-9-5-11(19-2)3-4-12(9)14(18)16-7-10-6-15-8-13(10)17/h3-5,10,13,15,17H,6-8H2,1-2H3,(H,16,18). The molecule has 19 heavy (non-hydrogen) atoms. The molecule has 0 aliphatic carbocycles. The van der Waals surface area contributed by atoms with Crippen LogP contribution in [-0.4, -0.2) is 43.9 Å². The molecule has 1 fully saturated rings. The Morgan fingerprint density at radius 2 is 2.32 bits per heavy atom. The maximum absolute atomic E-state index is 12.1. The van der Waals surface area contributed by atoms with Gasteiger partial charge in [0.2, 0.25) is 0 Å². The second-order valence-electron chi connectivity index (χ2n) is 4.88. The number of ether oxygens (including phenoxy) is 1. The van der Waals surface area contributed by atoms with Crippen LogP contribution in [0.4, 0.5) is 0 Å². The summed E-state index contributed by atoms with van der Waals surface area (Å²) in [6.07, 6.45) is -0.378. The molecular formula is C14H20N2O3. The smallest absolute Gasteiger partial charge is 0.251 e. The first-order chi connectivity index (χ1) is 9.11. The fraction of sp³-hybridized carbons (Fsp3) is 0.500. The SMILES string of the molecule is COc1ccc(C(=O)NCC2CNCC2O)c(C)c1. The number of hydrogen-bond acceptors (Lipinski definition) is 4. The summed E-state index contributed by atoms with van der Waals surface area (Å²) in [6.45, 7) is 3.70. The number of hydrogen-bond donors (Lipinski definition) is 3. The highest BCUT2D eigenvalue weighted by Gasteiger charge is 2.25. The minimum atomic E-state index is -0.378. The summed E-state index contributed by atoms with van der Waals surface area (Å²) in [5.74, 6) is 0.714. The van der Waals surface area contributed by atoms with Crippen LogP contribution in [0.1, 0.15) is 15.9 Å². The van der Waals surface area contributed by atoms with Crippen LogP contribution in [0.2, 0.25) is 0 Å². The lowest BCUT2D eigenvalue weighted by molar-refractivity contribution is 0.0926. The zero-order chi connectivity index (χ0) is 13.8. The third-order valence-corrected chi connectivity index (χ3v) is 3.51. The largest absolute Gasteiger partial charge is 0.497 e. The summed E-state index contributed by atoms with van der Waals surface area (Å²) in [7, 11) is 1.60. The van der Waals surface area contributed by atoms with E-state index in [-0.39, 0.29) is 17.9 Å². The van der Waals surface area contributed by atoms with Crippen molar-refractivity contribution >= 4 is 5.91 Å². The van der Waals surface area contributed by atoms with E-state index in [1.165, 1.54) is 0 Å². The Hall–Kier alpha value is -1.59. The van der Waals surface area contributed by atoms with E-state index in [2.05, 4.69) is 10.6 Å². The van der Waals surface area contributed by atoms with Gasteiger partial charge in [0.25, 0.3) is 5.91 Å². The van der Waals surface area contributed by atoms with E-state index in [4.69, 9.17) is 4.74 Å². The van der Waals surface area contributed by atoms with Crippen LogP contribution in [0.25, 0.3) is 0 Å². The molecule has 5 nitrogen and oxygen atoms in total. The molecule has 5 heteroatoms. The maximum Gasteiger partial charge on any atom is 0.251 e. The van der Waals surface area contributed by atoms with E-state index in [0.717, 1.165) is 17.9 Å². The summed E-state index contributed by atoms with van der Waals surface area (Å²) in [5.41, 5.74) is 1.52. The normalized spacial score (nSPS) is 22.3. The average Bonchev–Trinajstić information content (AvgIpc) is 2.81. The highest BCUT2D eigenvalue weighted by atomic mass is 16.5. The van der Waals surface area contributed by atoms with E-state index in [1.54, 1.807) is 19.2 Å². The van der Waals surface area contributed by atoms with Crippen molar-refractivity contribution < 1.29 is 14.6 Å². The fourth-order valence-corrected chi connectivity index (χ4v) is 2.26. The molecule has 2 atom stereocenters. The minimum Gasteiger partial charge on any atom is -0.497 e. The molecule has 2 unspecified atom stereocenters. The summed E-state index contributed by atoms with van der Waals surface area (Å²) in [6, 6.07) is 5.36. The lowest BCUT2D eigenvalue weighted by atomic mass is 10.1. The van der Waals surface area contributed by atoms with Crippen molar-refractivity contribution in [2.75, 3.05) is 26.7 Å². The summed E-state index contributed by atoms with van der Waals surface area (Å²) >= 11 is 0. The number of rotatable bonds is 4. The Kier molecular flexibility index (Phi) is 4.39. The number of methoxy groups -OCH3 is 1. The van der Waals surface area contributed by atoms with Crippen LogP contribution in [0.3, 0.4) is 0 Å². The summed E-state index contributed by atoms with van der Waals surface area (Å²) in [4.78, 5) is 12.1. The second-order valence-corrected chi connectivity index (χ2v) is 4.88. The Morgan fingerprint density at radius 3 is 2.89 bits per heavy atom. The molecule has 1 aromatic carbocycles. The van der Waals surface area contributed by atoms with Gasteiger partial charge in [0.15, 0.2) is 0 Å². The number of aryl methyl sites for hydroxylation is 1. The van der Waals surface area contributed by atoms with Crippen molar-refractivity contribution in [3.63, 3.8) is 0 Å². The Balaban J connectivity index is 1.96. The number of amides is 1. The van der Waals surface area contributed by atoms with Gasteiger partial charge in [-0.3, -0.25) is 4.79 Å². The summed E-state index contributed by atoms with van der Waals surface area (Å²) in [5, 5.41) is 15.6. The van der Waals surface area contributed by atoms with Crippen LogP contribution in [-0.2, 0) is 0 Å². The predicted molar refractivity (Wildman–Crippen MR) is 72.4 cm³/mol. The Morgan fingerprint density at radius 1 is 1.53 bits per heavy atom. The van der Waals surface area contributed by atoms with Crippen molar-refractivity contribution in [3.8, 4) is 5.75 Å². The highest BCUT2D eigenvalue weighted by molar-refractivity contribution is 5.95. The number of carbonyl (C=O) groups excluding carboxylic acids is 1. The van der Waals surface area contributed by atoms with Crippen molar-refractivity contribution in [1.29, 1.82) is 0 Å². The van der Waals surface area contributed by atoms with Gasteiger partial charge in [0.05, 0.1) is 13.2 Å². The molecule has 0 spiro atoms. The highest BCUT2D eigenvalue weighted by Crippen LogP contribution is 2.17. The van der Waals surface area contributed by atoms with Crippen LogP contribution in [0, 0.1) is 12.8 Å². The molecule has 0 saturated carbocycles. The molecule has 1 heterocycles. The molecule has 1 amide bonds. The molecule has 1 aromatic rings. The average molecular weight is 264 g/mol. The summed E-state index contributed by atoms with van der Waals surface area (Å²) < 4.78 is 5.11. The van der Waals surface area contributed by atoms with Crippen molar-refractivity contribution in [2.24, 2.45) is 5.92 Å². The van der Waals surface area contributed by atoms with Crippen LogP contribution < -0.4 is 15.4 Å². The molecule has 2 rings (SSSR count). The molecule has 0 radical (unpaired) electrons. The van der Waals surface area contributed by atoms with Gasteiger partial charge in [0, 0.05) is 31.1 Å². The lowest BCUT2D eigenvalue weighted by Gasteiger charge is -2.15. The molecule has 3 N–H and O–H groups in total. The molecule has 1 aliphatic heterocycles. The van der Waals surface area contributed by atoms with Gasteiger partial charge in [-0.1, -0.05) is 0 Å². The van der Waals surface area contributed by atoms with Crippen molar-refractivity contribution in [3.05, 3.63) is 29.3 Å². The lowest BCUT2D eigenvalue weighted by Crippen LogP contribution is -2.34. The van der Waals surface area contributed by atoms with Gasteiger partial charge in [-0.15, -0.1) is 0 Å². The third-order valence-electron chi connectivity index (χ3n) is 3.51. The van der Waals surface area contributed by atoms with E-state index in [0.29, 0.717) is 18.7 Å². The van der Waals surface area contributed by atoms with Crippen molar-refractivity contribution in [1.82, 2.24) is 10.6 Å². The molecule has 1 aliphatic rings. The quantitative estimate of drug-likeness (QED) is 0.732. The number of aliphatic hydroxyl groups excluding tert-OH is 1. The van der Waals surface area contributed by atoms with Gasteiger partial charge in [-0.25, -0.2) is 0 Å². The van der Waals surface area contributed by atoms with Gasteiger partial charge in [-0.2, -0.15) is 0 Å². The van der Waals surface area contributed by atoms with Gasteiger partial charge in [0.1, 0.15) is 5.75 Å². The zero-order valence-electron chi connectivity index (χ0n) is 11.3. The van der Waals surface area contributed by atoms with Crippen LogP contribution in [0.15, 0.2) is 18.2 Å². The number of nitrogens with one attached hydrogen (secondary N) is 2. The van der Waals surface area contributed by atoms with E-state index < -0.39 is 0 Å². The zero-order valence-corrected chi connectivity index (χ0v) is 11.3. The number of carbonyl (C=O) groups is 1. The molecular weight excluding hydrogens is 244 g/mol. The monoisotopic (exact) mass is 264 g/mol. The van der Waals surface area contributed by atoms with Gasteiger partial charge >= 0.3 is 0 Å². The van der Waals surface area contributed by atoms with Gasteiger partial charge < -0.3 is 20.5 Å².